The highest BCUT2D eigenvalue weighted by atomic mass is 16.3. The first-order valence-corrected chi connectivity index (χ1v) is 7.03. The van der Waals surface area contributed by atoms with E-state index < -0.39 is 12.0 Å². The minimum absolute atomic E-state index is 0.0821. The first-order valence-electron chi connectivity index (χ1n) is 7.03. The van der Waals surface area contributed by atoms with E-state index in [4.69, 9.17) is 0 Å². The average molecular weight is 252 g/mol. The van der Waals surface area contributed by atoms with Gasteiger partial charge < -0.3 is 5.11 Å². The van der Waals surface area contributed by atoms with Crippen LogP contribution in [0.15, 0.2) is 0 Å². The number of Topliss-reactive ketones (excluding diaryl/α,β-unsaturated/α-hetero) is 2. The minimum Gasteiger partial charge on any atom is -0.385 e. The van der Waals surface area contributed by atoms with Crippen LogP contribution in [-0.4, -0.2) is 22.8 Å². The van der Waals surface area contributed by atoms with Crippen molar-refractivity contribution in [3.63, 3.8) is 0 Å². The second kappa shape index (κ2) is 4.44. The number of carbonyl (C=O) groups excluding carboxylic acids is 2. The molecule has 0 unspecified atom stereocenters. The second-order valence-corrected chi connectivity index (χ2v) is 6.79. The number of ketones is 2. The van der Waals surface area contributed by atoms with Gasteiger partial charge in [0.05, 0.1) is 5.92 Å². The molecule has 0 saturated heterocycles. The molecule has 0 radical (unpaired) electrons. The molecule has 3 nitrogen and oxygen atoms in total. The lowest BCUT2D eigenvalue weighted by Gasteiger charge is -2.52. The summed E-state index contributed by atoms with van der Waals surface area (Å²) in [7, 11) is 0. The van der Waals surface area contributed by atoms with Crippen LogP contribution in [0.4, 0.5) is 0 Å². The summed E-state index contributed by atoms with van der Waals surface area (Å²) in [6.45, 7) is 8.28. The highest BCUT2D eigenvalue weighted by Gasteiger charge is 2.56. The summed E-state index contributed by atoms with van der Waals surface area (Å²) < 4.78 is 0. The van der Waals surface area contributed by atoms with Gasteiger partial charge in [0, 0.05) is 12.3 Å². The standard InChI is InChI=1S/C15H24O3/c1-8(2)10-7-15(4)9(3)5-6-11(16)12(15)14(18)13(10)17/h8-10,12,14,18H,5-7H2,1-4H3/t9-,10-,12-,14-,15+/m0/s1. The maximum atomic E-state index is 12.2. The molecule has 3 heteroatoms. The lowest BCUT2D eigenvalue weighted by atomic mass is 9.51. The molecular formula is C15H24O3. The predicted octanol–water partition coefficient (Wildman–Crippen LogP) is 2.21. The van der Waals surface area contributed by atoms with Crippen molar-refractivity contribution in [1.29, 1.82) is 0 Å². The lowest BCUT2D eigenvalue weighted by molar-refractivity contribution is -0.165. The molecule has 2 saturated carbocycles. The largest absolute Gasteiger partial charge is 0.385 e. The van der Waals surface area contributed by atoms with Gasteiger partial charge in [-0.15, -0.1) is 0 Å². The highest BCUT2D eigenvalue weighted by Crippen LogP contribution is 2.53. The predicted molar refractivity (Wildman–Crippen MR) is 69.0 cm³/mol. The summed E-state index contributed by atoms with van der Waals surface area (Å²) >= 11 is 0. The minimum atomic E-state index is -1.08. The normalized spacial score (nSPS) is 45.2. The molecule has 0 bridgehead atoms. The Morgan fingerprint density at radius 3 is 2.50 bits per heavy atom. The molecule has 5 atom stereocenters. The number of hydrogen-bond donors (Lipinski definition) is 1. The van der Waals surface area contributed by atoms with Crippen molar-refractivity contribution in [2.24, 2.45) is 29.1 Å². The fourth-order valence-electron chi connectivity index (χ4n) is 3.91. The Morgan fingerprint density at radius 1 is 1.33 bits per heavy atom. The van der Waals surface area contributed by atoms with Crippen LogP contribution in [0.5, 0.6) is 0 Å². The van der Waals surface area contributed by atoms with Gasteiger partial charge in [0.15, 0.2) is 5.78 Å². The first-order chi connectivity index (χ1) is 8.29. The summed E-state index contributed by atoms with van der Waals surface area (Å²) in [4.78, 5) is 24.3. The van der Waals surface area contributed by atoms with E-state index in [0.29, 0.717) is 12.3 Å². The molecule has 0 aliphatic heterocycles. The number of aliphatic hydroxyl groups is 1. The number of hydrogen-bond acceptors (Lipinski definition) is 3. The van der Waals surface area contributed by atoms with E-state index in [1.165, 1.54) is 0 Å². The third kappa shape index (κ3) is 1.83. The molecule has 102 valence electrons. The summed E-state index contributed by atoms with van der Waals surface area (Å²) in [6, 6.07) is 0. The lowest BCUT2D eigenvalue weighted by Crippen LogP contribution is -2.58. The quantitative estimate of drug-likeness (QED) is 0.778. The van der Waals surface area contributed by atoms with Crippen LogP contribution in [0.2, 0.25) is 0 Å². The van der Waals surface area contributed by atoms with Gasteiger partial charge in [-0.3, -0.25) is 9.59 Å². The molecule has 2 aliphatic rings. The number of carbonyl (C=O) groups is 2. The van der Waals surface area contributed by atoms with Crippen LogP contribution in [0.25, 0.3) is 0 Å². The third-order valence-corrected chi connectivity index (χ3v) is 5.44. The van der Waals surface area contributed by atoms with E-state index in [0.717, 1.165) is 12.8 Å². The summed E-state index contributed by atoms with van der Waals surface area (Å²) in [5.74, 6) is 0.0188. The van der Waals surface area contributed by atoms with Crippen LogP contribution in [-0.2, 0) is 9.59 Å². The number of aliphatic hydroxyl groups excluding tert-OH is 1. The van der Waals surface area contributed by atoms with Gasteiger partial charge >= 0.3 is 0 Å². The van der Waals surface area contributed by atoms with Crippen molar-refractivity contribution >= 4 is 11.6 Å². The Balaban J connectivity index is 2.39. The van der Waals surface area contributed by atoms with Crippen LogP contribution in [0.3, 0.4) is 0 Å². The van der Waals surface area contributed by atoms with Gasteiger partial charge in [-0.25, -0.2) is 0 Å². The summed E-state index contributed by atoms with van der Waals surface area (Å²) in [6.07, 6.45) is 1.07. The van der Waals surface area contributed by atoms with E-state index in [2.05, 4.69) is 13.8 Å². The van der Waals surface area contributed by atoms with Crippen molar-refractivity contribution in [2.45, 2.75) is 53.1 Å². The number of fused-ring (bicyclic) bond motifs is 1. The van der Waals surface area contributed by atoms with Crippen molar-refractivity contribution < 1.29 is 14.7 Å². The monoisotopic (exact) mass is 252 g/mol. The summed E-state index contributed by atoms with van der Waals surface area (Å²) in [5, 5.41) is 10.3. The van der Waals surface area contributed by atoms with Crippen molar-refractivity contribution in [3.8, 4) is 0 Å². The van der Waals surface area contributed by atoms with Gasteiger partial charge in [-0.1, -0.05) is 27.7 Å². The van der Waals surface area contributed by atoms with Gasteiger partial charge in [-0.05, 0) is 30.1 Å². The van der Waals surface area contributed by atoms with Crippen molar-refractivity contribution in [2.75, 3.05) is 0 Å². The third-order valence-electron chi connectivity index (χ3n) is 5.44. The van der Waals surface area contributed by atoms with Gasteiger partial charge in [0.2, 0.25) is 0 Å². The van der Waals surface area contributed by atoms with Crippen LogP contribution in [0.1, 0.15) is 47.0 Å². The van der Waals surface area contributed by atoms with Crippen LogP contribution < -0.4 is 0 Å². The fourth-order valence-corrected chi connectivity index (χ4v) is 3.91. The Kier molecular flexibility index (Phi) is 3.39. The molecule has 18 heavy (non-hydrogen) atoms. The smallest absolute Gasteiger partial charge is 0.165 e. The fraction of sp³-hybridized carbons (Fsp3) is 0.867. The van der Waals surface area contributed by atoms with E-state index in [1.54, 1.807) is 0 Å². The van der Waals surface area contributed by atoms with Gasteiger partial charge in [-0.2, -0.15) is 0 Å². The average Bonchev–Trinajstić information content (AvgIpc) is 2.29. The Labute approximate surface area is 109 Å². The molecule has 2 aliphatic carbocycles. The Hall–Kier alpha value is -0.700. The van der Waals surface area contributed by atoms with Gasteiger partial charge in [0.1, 0.15) is 11.9 Å². The van der Waals surface area contributed by atoms with E-state index >= 15 is 0 Å². The molecule has 0 amide bonds. The molecule has 0 aromatic heterocycles. The molecular weight excluding hydrogens is 228 g/mol. The molecule has 2 rings (SSSR count). The second-order valence-electron chi connectivity index (χ2n) is 6.79. The Bertz CT molecular complexity index is 374. The molecule has 0 aromatic carbocycles. The zero-order chi connectivity index (χ0) is 13.7. The molecule has 0 spiro atoms. The molecule has 0 heterocycles. The molecule has 0 aromatic rings. The topological polar surface area (TPSA) is 54.4 Å². The highest BCUT2D eigenvalue weighted by molar-refractivity contribution is 5.95. The zero-order valence-corrected chi connectivity index (χ0v) is 11.8. The van der Waals surface area contributed by atoms with E-state index in [1.807, 2.05) is 13.8 Å². The van der Waals surface area contributed by atoms with Crippen molar-refractivity contribution in [3.05, 3.63) is 0 Å². The van der Waals surface area contributed by atoms with E-state index in [9.17, 15) is 14.7 Å². The van der Waals surface area contributed by atoms with Crippen molar-refractivity contribution in [1.82, 2.24) is 0 Å². The summed E-state index contributed by atoms with van der Waals surface area (Å²) in [5.41, 5.74) is -0.211. The SMILES string of the molecule is CC(C)[C@@H]1C[C@]2(C)[C@@H](C)CCC(=O)[C@H]2[C@H](O)C1=O. The van der Waals surface area contributed by atoms with Crippen LogP contribution in [0, 0.1) is 29.1 Å². The van der Waals surface area contributed by atoms with Crippen LogP contribution >= 0.6 is 0 Å². The molecule has 2 fully saturated rings. The zero-order valence-electron chi connectivity index (χ0n) is 11.8. The maximum Gasteiger partial charge on any atom is 0.165 e. The molecule has 1 N–H and O–H groups in total. The number of rotatable bonds is 1. The maximum absolute atomic E-state index is 12.2. The Morgan fingerprint density at radius 2 is 1.94 bits per heavy atom. The first kappa shape index (κ1) is 13.7. The van der Waals surface area contributed by atoms with Gasteiger partial charge in [0.25, 0.3) is 0 Å². The van der Waals surface area contributed by atoms with E-state index in [-0.39, 0.29) is 28.8 Å².